The minimum absolute atomic E-state index is 0.240. The fourth-order valence-electron chi connectivity index (χ4n) is 2.05. The first-order valence-electron chi connectivity index (χ1n) is 6.95. The number of nitrogens with two attached hydrogens (primary N) is 1. The van der Waals surface area contributed by atoms with Crippen molar-refractivity contribution in [3.05, 3.63) is 71.0 Å². The quantitative estimate of drug-likeness (QED) is 0.763. The number of carbonyl (C=O) groups excluding carboxylic acids is 2. The highest BCUT2D eigenvalue weighted by molar-refractivity contribution is 7.13. The second kappa shape index (κ2) is 6.59. The Balaban J connectivity index is 1.77. The van der Waals surface area contributed by atoms with Crippen molar-refractivity contribution in [3.63, 3.8) is 0 Å². The standard InChI is InChI=1S/C17H12FN3O2S/c18-12-6-4-10(5-7-12)17-21-14(9-24-17)16(23)20-13-3-1-2-11(8-13)15(19)22/h1-9H,(H2,19,22)(H,20,23). The second-order valence-corrected chi connectivity index (χ2v) is 5.80. The lowest BCUT2D eigenvalue weighted by Gasteiger charge is -2.04. The topological polar surface area (TPSA) is 85.1 Å². The van der Waals surface area contributed by atoms with Gasteiger partial charge >= 0.3 is 0 Å². The Morgan fingerprint density at radius 3 is 2.58 bits per heavy atom. The molecule has 0 bridgehead atoms. The third-order valence-electron chi connectivity index (χ3n) is 3.23. The van der Waals surface area contributed by atoms with E-state index in [1.165, 1.54) is 29.5 Å². The smallest absolute Gasteiger partial charge is 0.275 e. The molecule has 24 heavy (non-hydrogen) atoms. The van der Waals surface area contributed by atoms with Crippen LogP contribution in [0.25, 0.3) is 10.6 Å². The molecule has 0 radical (unpaired) electrons. The fraction of sp³-hybridized carbons (Fsp3) is 0. The summed E-state index contributed by atoms with van der Waals surface area (Å²) >= 11 is 1.29. The molecule has 3 aromatic rings. The van der Waals surface area contributed by atoms with Crippen molar-refractivity contribution in [3.8, 4) is 10.6 Å². The van der Waals surface area contributed by atoms with Gasteiger partial charge in [-0.3, -0.25) is 9.59 Å². The van der Waals surface area contributed by atoms with E-state index in [0.717, 1.165) is 5.56 Å². The number of thiazole rings is 1. The zero-order valence-corrected chi connectivity index (χ0v) is 13.1. The normalized spacial score (nSPS) is 10.4. The number of primary amides is 1. The Morgan fingerprint density at radius 2 is 1.88 bits per heavy atom. The van der Waals surface area contributed by atoms with Gasteiger partial charge in [0.15, 0.2) is 0 Å². The van der Waals surface area contributed by atoms with Gasteiger partial charge in [0.05, 0.1) is 0 Å². The molecule has 0 atom stereocenters. The van der Waals surface area contributed by atoms with Crippen molar-refractivity contribution in [2.75, 3.05) is 5.32 Å². The molecule has 2 amide bonds. The Morgan fingerprint density at radius 1 is 1.12 bits per heavy atom. The molecule has 0 aliphatic rings. The van der Waals surface area contributed by atoms with Crippen molar-refractivity contribution in [2.24, 2.45) is 5.73 Å². The lowest BCUT2D eigenvalue weighted by Crippen LogP contribution is -2.14. The number of benzene rings is 2. The van der Waals surface area contributed by atoms with Crippen LogP contribution in [0.15, 0.2) is 53.9 Å². The first-order chi connectivity index (χ1) is 11.5. The van der Waals surface area contributed by atoms with Crippen molar-refractivity contribution in [1.82, 2.24) is 4.98 Å². The summed E-state index contributed by atoms with van der Waals surface area (Å²) in [5.41, 5.74) is 6.94. The van der Waals surface area contributed by atoms with E-state index in [9.17, 15) is 14.0 Å². The summed E-state index contributed by atoms with van der Waals surface area (Å²) in [6.07, 6.45) is 0. The average molecular weight is 341 g/mol. The van der Waals surface area contributed by atoms with E-state index in [2.05, 4.69) is 10.3 Å². The van der Waals surface area contributed by atoms with E-state index < -0.39 is 11.8 Å². The van der Waals surface area contributed by atoms with Gasteiger partial charge in [-0.1, -0.05) is 6.07 Å². The van der Waals surface area contributed by atoms with Gasteiger partial charge < -0.3 is 11.1 Å². The summed E-state index contributed by atoms with van der Waals surface area (Å²) in [5, 5.41) is 4.90. The second-order valence-electron chi connectivity index (χ2n) is 4.94. The fourth-order valence-corrected chi connectivity index (χ4v) is 2.85. The van der Waals surface area contributed by atoms with E-state index in [1.807, 2.05) is 0 Å². The maximum Gasteiger partial charge on any atom is 0.275 e. The average Bonchev–Trinajstić information content (AvgIpc) is 3.06. The highest BCUT2D eigenvalue weighted by Gasteiger charge is 2.13. The maximum absolute atomic E-state index is 13.0. The van der Waals surface area contributed by atoms with Crippen LogP contribution < -0.4 is 11.1 Å². The zero-order valence-electron chi connectivity index (χ0n) is 12.3. The minimum atomic E-state index is -0.571. The third kappa shape index (κ3) is 3.47. The first-order valence-corrected chi connectivity index (χ1v) is 7.83. The summed E-state index contributed by atoms with van der Waals surface area (Å²) in [5.74, 6) is -1.30. The number of anilines is 1. The number of hydrogen-bond acceptors (Lipinski definition) is 4. The minimum Gasteiger partial charge on any atom is -0.366 e. The highest BCUT2D eigenvalue weighted by atomic mass is 32.1. The van der Waals surface area contributed by atoms with E-state index in [0.29, 0.717) is 16.3 Å². The number of nitrogens with one attached hydrogen (secondary N) is 1. The van der Waals surface area contributed by atoms with Crippen molar-refractivity contribution in [1.29, 1.82) is 0 Å². The molecule has 3 rings (SSSR count). The van der Waals surface area contributed by atoms with Crippen molar-refractivity contribution >= 4 is 28.8 Å². The summed E-state index contributed by atoms with van der Waals surface area (Å²) in [6, 6.07) is 12.2. The molecule has 5 nitrogen and oxygen atoms in total. The Bertz CT molecular complexity index is 906. The lowest BCUT2D eigenvalue weighted by atomic mass is 10.2. The summed E-state index contributed by atoms with van der Waals surface area (Å²) < 4.78 is 13.0. The van der Waals surface area contributed by atoms with Crippen LogP contribution in [0.1, 0.15) is 20.8 Å². The largest absolute Gasteiger partial charge is 0.366 e. The number of nitrogens with zero attached hydrogens (tertiary/aromatic N) is 1. The number of halogens is 1. The van der Waals surface area contributed by atoms with E-state index in [1.54, 1.807) is 35.7 Å². The SMILES string of the molecule is NC(=O)c1cccc(NC(=O)c2csc(-c3ccc(F)cc3)n2)c1. The highest BCUT2D eigenvalue weighted by Crippen LogP contribution is 2.24. The summed E-state index contributed by atoms with van der Waals surface area (Å²) in [6.45, 7) is 0. The molecule has 1 aromatic heterocycles. The van der Waals surface area contributed by atoms with Gasteiger partial charge in [0.1, 0.15) is 16.5 Å². The Hall–Kier alpha value is -3.06. The zero-order chi connectivity index (χ0) is 17.1. The van der Waals surface area contributed by atoms with Gasteiger partial charge in [0.2, 0.25) is 5.91 Å². The van der Waals surface area contributed by atoms with Gasteiger partial charge in [-0.05, 0) is 42.5 Å². The molecule has 0 saturated heterocycles. The molecule has 0 aliphatic carbocycles. The predicted molar refractivity (Wildman–Crippen MR) is 90.4 cm³/mol. The van der Waals surface area contributed by atoms with Crippen LogP contribution in [0.4, 0.5) is 10.1 Å². The van der Waals surface area contributed by atoms with Gasteiger partial charge in [0.25, 0.3) is 5.91 Å². The van der Waals surface area contributed by atoms with Crippen molar-refractivity contribution in [2.45, 2.75) is 0 Å². The Labute approximate surface area is 141 Å². The molecular weight excluding hydrogens is 329 g/mol. The first kappa shape index (κ1) is 15.8. The summed E-state index contributed by atoms with van der Waals surface area (Å²) in [4.78, 5) is 27.7. The van der Waals surface area contributed by atoms with Crippen LogP contribution in [-0.4, -0.2) is 16.8 Å². The molecule has 0 fully saturated rings. The van der Waals surface area contributed by atoms with Crippen LogP contribution in [0.5, 0.6) is 0 Å². The number of aromatic nitrogens is 1. The van der Waals surface area contributed by atoms with Crippen LogP contribution in [0, 0.1) is 5.82 Å². The van der Waals surface area contributed by atoms with Gasteiger partial charge in [-0.25, -0.2) is 9.37 Å². The molecule has 0 spiro atoms. The molecule has 0 unspecified atom stereocenters. The lowest BCUT2D eigenvalue weighted by molar-refractivity contribution is 0.0995. The molecule has 0 saturated carbocycles. The summed E-state index contributed by atoms with van der Waals surface area (Å²) in [7, 11) is 0. The molecule has 2 aromatic carbocycles. The molecule has 0 aliphatic heterocycles. The van der Waals surface area contributed by atoms with Crippen LogP contribution in [0.3, 0.4) is 0 Å². The number of carbonyl (C=O) groups is 2. The molecule has 3 N–H and O–H groups in total. The molecule has 120 valence electrons. The van der Waals surface area contributed by atoms with Crippen LogP contribution >= 0.6 is 11.3 Å². The number of rotatable bonds is 4. The van der Waals surface area contributed by atoms with Gasteiger partial charge in [0, 0.05) is 22.2 Å². The predicted octanol–water partition coefficient (Wildman–Crippen LogP) is 3.30. The number of hydrogen-bond donors (Lipinski definition) is 2. The monoisotopic (exact) mass is 341 g/mol. The van der Waals surface area contributed by atoms with Gasteiger partial charge in [-0.15, -0.1) is 11.3 Å². The van der Waals surface area contributed by atoms with E-state index in [4.69, 9.17) is 5.73 Å². The number of amides is 2. The molecule has 7 heteroatoms. The maximum atomic E-state index is 13.0. The molecular formula is C17H12FN3O2S. The van der Waals surface area contributed by atoms with Gasteiger partial charge in [-0.2, -0.15) is 0 Å². The molecule has 1 heterocycles. The van der Waals surface area contributed by atoms with E-state index in [-0.39, 0.29) is 11.5 Å². The third-order valence-corrected chi connectivity index (χ3v) is 4.12. The van der Waals surface area contributed by atoms with Crippen LogP contribution in [0.2, 0.25) is 0 Å². The Kier molecular flexibility index (Phi) is 4.35. The van der Waals surface area contributed by atoms with Crippen molar-refractivity contribution < 1.29 is 14.0 Å². The van der Waals surface area contributed by atoms with Crippen LogP contribution in [-0.2, 0) is 0 Å². The van der Waals surface area contributed by atoms with E-state index >= 15 is 0 Å².